The van der Waals surface area contributed by atoms with Crippen molar-refractivity contribution < 1.29 is 14.6 Å². The number of ether oxygens (including phenoxy) is 1. The standard InChI is InChI=1S/C18H33NO3S2/c1-18(2,3)22-17(21)19-14(12-13-8-5-4-6-9-13)15(20)16-23-10-7-11-24-16/h13-16,20H,4-12H2,1-3H3,(H,19,21)/t14-,15-/m0/s1. The summed E-state index contributed by atoms with van der Waals surface area (Å²) in [5.41, 5.74) is -0.515. The van der Waals surface area contributed by atoms with Gasteiger partial charge in [0.15, 0.2) is 0 Å². The van der Waals surface area contributed by atoms with Crippen molar-refractivity contribution in [2.45, 2.75) is 88.0 Å². The summed E-state index contributed by atoms with van der Waals surface area (Å²) in [6, 6.07) is -0.217. The summed E-state index contributed by atoms with van der Waals surface area (Å²) in [4.78, 5) is 12.2. The number of carbonyl (C=O) groups is 1. The van der Waals surface area contributed by atoms with E-state index in [4.69, 9.17) is 4.74 Å². The molecule has 1 saturated carbocycles. The molecule has 2 aliphatic rings. The lowest BCUT2D eigenvalue weighted by Crippen LogP contribution is -2.49. The maximum absolute atomic E-state index is 12.2. The number of aliphatic hydroxyl groups excluding tert-OH is 1. The molecule has 0 spiro atoms. The Morgan fingerprint density at radius 2 is 1.79 bits per heavy atom. The zero-order valence-electron chi connectivity index (χ0n) is 15.3. The number of hydrogen-bond acceptors (Lipinski definition) is 5. The van der Waals surface area contributed by atoms with Gasteiger partial charge < -0.3 is 15.2 Å². The van der Waals surface area contributed by atoms with Crippen molar-refractivity contribution in [2.24, 2.45) is 5.92 Å². The van der Waals surface area contributed by atoms with Gasteiger partial charge in [0.1, 0.15) is 5.60 Å². The first kappa shape index (κ1) is 20.2. The molecule has 1 aliphatic carbocycles. The van der Waals surface area contributed by atoms with Gasteiger partial charge in [0.05, 0.1) is 16.7 Å². The molecular weight excluding hydrogens is 342 g/mol. The minimum Gasteiger partial charge on any atom is -0.444 e. The highest BCUT2D eigenvalue weighted by molar-refractivity contribution is 8.17. The Morgan fingerprint density at radius 1 is 1.17 bits per heavy atom. The van der Waals surface area contributed by atoms with Crippen LogP contribution in [0.25, 0.3) is 0 Å². The van der Waals surface area contributed by atoms with Crippen LogP contribution < -0.4 is 5.32 Å². The molecule has 140 valence electrons. The van der Waals surface area contributed by atoms with Crippen molar-refractivity contribution in [3.05, 3.63) is 0 Å². The third-order valence-electron chi connectivity index (χ3n) is 4.56. The van der Waals surface area contributed by atoms with E-state index in [0.717, 1.165) is 17.9 Å². The molecule has 1 amide bonds. The number of hydrogen-bond donors (Lipinski definition) is 2. The lowest BCUT2D eigenvalue weighted by molar-refractivity contribution is 0.0409. The molecule has 0 aromatic carbocycles. The van der Waals surface area contributed by atoms with Crippen LogP contribution in [0.4, 0.5) is 4.79 Å². The number of nitrogens with one attached hydrogen (secondary N) is 1. The number of alkyl carbamates (subject to hydrolysis) is 1. The fraction of sp³-hybridized carbons (Fsp3) is 0.944. The van der Waals surface area contributed by atoms with Gasteiger partial charge in [-0.15, -0.1) is 23.5 Å². The average molecular weight is 376 g/mol. The van der Waals surface area contributed by atoms with Gasteiger partial charge in [0.25, 0.3) is 0 Å². The summed E-state index contributed by atoms with van der Waals surface area (Å²) in [5, 5.41) is 13.9. The van der Waals surface area contributed by atoms with Crippen LogP contribution in [0, 0.1) is 5.92 Å². The minimum atomic E-state index is -0.519. The number of rotatable bonds is 5. The molecule has 0 radical (unpaired) electrons. The molecule has 4 nitrogen and oxygen atoms in total. The van der Waals surface area contributed by atoms with Crippen LogP contribution in [-0.4, -0.2) is 45.0 Å². The number of carbonyl (C=O) groups excluding carboxylic acids is 1. The predicted octanol–water partition coefficient (Wildman–Crippen LogP) is 4.41. The Bertz CT molecular complexity index is 388. The zero-order chi connectivity index (χ0) is 17.6. The lowest BCUT2D eigenvalue weighted by atomic mass is 9.84. The molecule has 2 atom stereocenters. The maximum Gasteiger partial charge on any atom is 0.407 e. The van der Waals surface area contributed by atoms with E-state index in [0.29, 0.717) is 5.92 Å². The van der Waals surface area contributed by atoms with E-state index in [-0.39, 0.29) is 10.6 Å². The van der Waals surface area contributed by atoms with E-state index >= 15 is 0 Å². The van der Waals surface area contributed by atoms with E-state index in [1.54, 1.807) is 0 Å². The lowest BCUT2D eigenvalue weighted by Gasteiger charge is -2.35. The van der Waals surface area contributed by atoms with E-state index in [9.17, 15) is 9.90 Å². The van der Waals surface area contributed by atoms with Gasteiger partial charge in [-0.2, -0.15) is 0 Å². The van der Waals surface area contributed by atoms with E-state index < -0.39 is 17.8 Å². The quantitative estimate of drug-likeness (QED) is 0.745. The van der Waals surface area contributed by atoms with Gasteiger partial charge in [-0.05, 0) is 51.0 Å². The average Bonchev–Trinajstić information content (AvgIpc) is 2.53. The normalized spacial score (nSPS) is 23.5. The minimum absolute atomic E-state index is 0.155. The molecule has 0 aromatic heterocycles. The van der Waals surface area contributed by atoms with Gasteiger partial charge in [-0.1, -0.05) is 32.1 Å². The number of thioether (sulfide) groups is 2. The number of aliphatic hydroxyl groups is 1. The van der Waals surface area contributed by atoms with Gasteiger partial charge in [-0.25, -0.2) is 4.79 Å². The third kappa shape index (κ3) is 7.04. The first-order chi connectivity index (χ1) is 11.3. The smallest absolute Gasteiger partial charge is 0.407 e. The zero-order valence-corrected chi connectivity index (χ0v) is 16.9. The molecule has 1 aliphatic heterocycles. The molecule has 1 heterocycles. The summed E-state index contributed by atoms with van der Waals surface area (Å²) in [7, 11) is 0. The molecule has 2 fully saturated rings. The van der Waals surface area contributed by atoms with Crippen LogP contribution in [0.3, 0.4) is 0 Å². The van der Waals surface area contributed by atoms with Crippen LogP contribution in [0.2, 0.25) is 0 Å². The van der Waals surface area contributed by atoms with E-state index in [2.05, 4.69) is 5.32 Å². The molecule has 1 saturated heterocycles. The number of amides is 1. The SMILES string of the molecule is CC(C)(C)OC(=O)N[C@@H](CC1CCCCC1)[C@H](O)C1SCCCS1. The largest absolute Gasteiger partial charge is 0.444 e. The monoisotopic (exact) mass is 375 g/mol. The van der Waals surface area contributed by atoms with Crippen molar-refractivity contribution in [2.75, 3.05) is 11.5 Å². The molecular formula is C18H33NO3S2. The van der Waals surface area contributed by atoms with Crippen molar-refractivity contribution in [1.82, 2.24) is 5.32 Å². The van der Waals surface area contributed by atoms with Gasteiger partial charge in [0.2, 0.25) is 0 Å². The van der Waals surface area contributed by atoms with Crippen molar-refractivity contribution in [3.63, 3.8) is 0 Å². The van der Waals surface area contributed by atoms with Crippen LogP contribution in [0.5, 0.6) is 0 Å². The van der Waals surface area contributed by atoms with Crippen LogP contribution in [0.1, 0.15) is 65.7 Å². The summed E-state index contributed by atoms with van der Waals surface area (Å²) in [6.07, 6.45) is 7.41. The highest BCUT2D eigenvalue weighted by Crippen LogP contribution is 2.36. The van der Waals surface area contributed by atoms with E-state index in [1.165, 1.54) is 38.5 Å². The topological polar surface area (TPSA) is 58.6 Å². The van der Waals surface area contributed by atoms with Gasteiger partial charge in [-0.3, -0.25) is 0 Å². The Kier molecular flexibility index (Phi) is 8.08. The Labute approximate surface area is 155 Å². The van der Waals surface area contributed by atoms with Crippen LogP contribution >= 0.6 is 23.5 Å². The van der Waals surface area contributed by atoms with Gasteiger partial charge >= 0.3 is 6.09 Å². The predicted molar refractivity (Wildman–Crippen MR) is 104 cm³/mol. The third-order valence-corrected chi connectivity index (χ3v) is 7.64. The van der Waals surface area contributed by atoms with Crippen molar-refractivity contribution in [1.29, 1.82) is 0 Å². The summed E-state index contributed by atoms with van der Waals surface area (Å²) < 4.78 is 5.57. The fourth-order valence-corrected chi connectivity index (χ4v) is 6.42. The van der Waals surface area contributed by atoms with Crippen molar-refractivity contribution in [3.8, 4) is 0 Å². The first-order valence-corrected chi connectivity index (χ1v) is 11.4. The second-order valence-corrected chi connectivity index (χ2v) is 10.7. The molecule has 0 bridgehead atoms. The summed E-state index contributed by atoms with van der Waals surface area (Å²) in [6.45, 7) is 5.60. The Hall–Kier alpha value is -0.0700. The molecule has 2 N–H and O–H groups in total. The molecule has 24 heavy (non-hydrogen) atoms. The fourth-order valence-electron chi connectivity index (χ4n) is 3.42. The Morgan fingerprint density at radius 3 is 2.38 bits per heavy atom. The van der Waals surface area contributed by atoms with E-state index in [1.807, 2.05) is 44.3 Å². The highest BCUT2D eigenvalue weighted by atomic mass is 32.2. The second kappa shape index (κ2) is 9.58. The Balaban J connectivity index is 1.97. The summed E-state index contributed by atoms with van der Waals surface area (Å²) in [5.74, 6) is 2.79. The molecule has 6 heteroatoms. The van der Waals surface area contributed by atoms with Gasteiger partial charge in [0, 0.05) is 0 Å². The molecule has 2 rings (SSSR count). The molecule has 0 aromatic rings. The van der Waals surface area contributed by atoms with Crippen LogP contribution in [0.15, 0.2) is 0 Å². The first-order valence-electron chi connectivity index (χ1n) is 9.26. The van der Waals surface area contributed by atoms with Crippen LogP contribution in [-0.2, 0) is 4.74 Å². The highest BCUT2D eigenvalue weighted by Gasteiger charge is 2.34. The summed E-state index contributed by atoms with van der Waals surface area (Å²) >= 11 is 3.65. The van der Waals surface area contributed by atoms with Crippen molar-refractivity contribution >= 4 is 29.6 Å². The maximum atomic E-state index is 12.2. The molecule has 0 unspecified atom stereocenters. The second-order valence-electron chi connectivity index (χ2n) is 7.95.